The number of thiophene rings is 1. The molecule has 0 aliphatic rings. The summed E-state index contributed by atoms with van der Waals surface area (Å²) in [5.41, 5.74) is -0.957. The van der Waals surface area contributed by atoms with Crippen molar-refractivity contribution in [2.75, 3.05) is 0 Å². The molecule has 1 atom stereocenters. The molecule has 0 radical (unpaired) electrons. The summed E-state index contributed by atoms with van der Waals surface area (Å²) in [6, 6.07) is 10.2. The largest absolute Gasteiger partial charge is 0.573 e. The number of nitrogens with zero attached hydrogens (tertiary/aromatic N) is 1. The molecule has 2 aromatic heterocycles. The smallest absolute Gasteiger partial charge is 0.453 e. The highest BCUT2D eigenvalue weighted by molar-refractivity contribution is 7.22. The first kappa shape index (κ1) is 27.3. The topological polar surface area (TPSA) is 93.6 Å². The molecule has 0 saturated carbocycles. The van der Waals surface area contributed by atoms with Gasteiger partial charge in [0.15, 0.2) is 17.6 Å². The standard InChI is InChI=1S/C24H18F6N2O5S/c1-11-4-3-5-14(8-11)36-15-7-6-13(9-16(15)37-24(28,29)30)19-12(2)18-20(34)31-22(35)32(21(18)38-19)10-17(33)23(25,26)27/h3-9,17,33H,10H2,1-2H3,(H,31,34,35). The van der Waals surface area contributed by atoms with Crippen LogP contribution in [0.1, 0.15) is 11.1 Å². The summed E-state index contributed by atoms with van der Waals surface area (Å²) in [5, 5.41) is 9.35. The third-order valence-electron chi connectivity index (χ3n) is 5.45. The zero-order valence-electron chi connectivity index (χ0n) is 19.5. The number of alkyl halides is 6. The molecule has 0 spiro atoms. The SMILES string of the molecule is Cc1cccc(Oc2ccc(-c3sc4c(c3C)c(=O)[nH]c(=O)n4CC(O)C(F)(F)F)cc2OC(F)(F)F)c1. The number of halogens is 6. The number of benzene rings is 2. The van der Waals surface area contributed by atoms with E-state index in [9.17, 15) is 41.0 Å². The fraction of sp³-hybridized carbons (Fsp3) is 0.250. The number of hydrogen-bond acceptors (Lipinski definition) is 6. The minimum atomic E-state index is -5.08. The zero-order chi connectivity index (χ0) is 28.0. The summed E-state index contributed by atoms with van der Waals surface area (Å²) in [7, 11) is 0. The molecule has 7 nitrogen and oxygen atoms in total. The van der Waals surface area contributed by atoms with Gasteiger partial charge in [-0.05, 0) is 60.9 Å². The van der Waals surface area contributed by atoms with Crippen molar-refractivity contribution in [1.29, 1.82) is 0 Å². The lowest BCUT2D eigenvalue weighted by molar-refractivity contribution is -0.275. The quantitative estimate of drug-likeness (QED) is 0.298. The first-order valence-corrected chi connectivity index (χ1v) is 11.6. The lowest BCUT2D eigenvalue weighted by Gasteiger charge is -2.16. The average Bonchev–Trinajstić information content (AvgIpc) is 3.13. The van der Waals surface area contributed by atoms with Gasteiger partial charge in [0.25, 0.3) is 5.56 Å². The number of H-pyrrole nitrogens is 1. The summed E-state index contributed by atoms with van der Waals surface area (Å²) in [5.74, 6) is -0.716. The molecule has 4 aromatic rings. The van der Waals surface area contributed by atoms with Gasteiger partial charge in [-0.25, -0.2) is 4.79 Å². The third kappa shape index (κ3) is 5.70. The molecule has 0 saturated heterocycles. The number of nitrogens with one attached hydrogen (secondary N) is 1. The predicted octanol–water partition coefficient (Wildman–Crippen LogP) is 5.65. The van der Waals surface area contributed by atoms with Crippen molar-refractivity contribution in [1.82, 2.24) is 9.55 Å². The third-order valence-corrected chi connectivity index (χ3v) is 6.81. The molecular weight excluding hydrogens is 542 g/mol. The van der Waals surface area contributed by atoms with Gasteiger partial charge in [-0.2, -0.15) is 13.2 Å². The number of aliphatic hydroxyl groups excluding tert-OH is 1. The molecule has 1 unspecified atom stereocenters. The van der Waals surface area contributed by atoms with E-state index in [0.29, 0.717) is 15.9 Å². The van der Waals surface area contributed by atoms with E-state index in [-0.39, 0.29) is 37.7 Å². The number of aromatic nitrogens is 2. The highest BCUT2D eigenvalue weighted by Crippen LogP contribution is 2.42. The van der Waals surface area contributed by atoms with Crippen LogP contribution in [-0.2, 0) is 6.54 Å². The monoisotopic (exact) mass is 560 g/mol. The number of aliphatic hydroxyl groups is 1. The maximum atomic E-state index is 13.2. The molecule has 0 bridgehead atoms. The van der Waals surface area contributed by atoms with Crippen LogP contribution < -0.4 is 20.7 Å². The van der Waals surface area contributed by atoms with Gasteiger partial charge in [-0.1, -0.05) is 12.1 Å². The van der Waals surface area contributed by atoms with E-state index in [4.69, 9.17) is 4.74 Å². The molecule has 0 fully saturated rings. The Morgan fingerprint density at radius 3 is 2.37 bits per heavy atom. The van der Waals surface area contributed by atoms with Crippen LogP contribution in [0.25, 0.3) is 20.7 Å². The number of aromatic amines is 1. The Balaban J connectivity index is 1.85. The Morgan fingerprint density at radius 1 is 1.03 bits per heavy atom. The van der Waals surface area contributed by atoms with Gasteiger partial charge in [0.1, 0.15) is 10.6 Å². The van der Waals surface area contributed by atoms with Crippen LogP contribution >= 0.6 is 11.3 Å². The zero-order valence-corrected chi connectivity index (χ0v) is 20.3. The molecule has 4 rings (SSSR count). The number of hydrogen-bond donors (Lipinski definition) is 2. The Hall–Kier alpha value is -3.78. The average molecular weight is 560 g/mol. The van der Waals surface area contributed by atoms with Gasteiger partial charge < -0.3 is 14.6 Å². The predicted molar refractivity (Wildman–Crippen MR) is 127 cm³/mol. The van der Waals surface area contributed by atoms with Crippen molar-refractivity contribution in [3.63, 3.8) is 0 Å². The fourth-order valence-electron chi connectivity index (χ4n) is 3.74. The van der Waals surface area contributed by atoms with Gasteiger partial charge >= 0.3 is 18.2 Å². The van der Waals surface area contributed by atoms with Crippen LogP contribution in [0.4, 0.5) is 26.3 Å². The fourth-order valence-corrected chi connectivity index (χ4v) is 5.05. The minimum absolute atomic E-state index is 0.120. The summed E-state index contributed by atoms with van der Waals surface area (Å²) < 4.78 is 88.7. The highest BCUT2D eigenvalue weighted by Gasteiger charge is 2.39. The second-order valence-corrected chi connectivity index (χ2v) is 9.29. The van der Waals surface area contributed by atoms with Crippen LogP contribution in [0.5, 0.6) is 17.2 Å². The van der Waals surface area contributed by atoms with E-state index in [0.717, 1.165) is 11.6 Å². The van der Waals surface area contributed by atoms with Crippen LogP contribution in [0.3, 0.4) is 0 Å². The van der Waals surface area contributed by atoms with Crippen molar-refractivity contribution >= 4 is 21.6 Å². The molecule has 2 aromatic carbocycles. The van der Waals surface area contributed by atoms with Crippen molar-refractivity contribution in [2.24, 2.45) is 0 Å². The number of rotatable bonds is 6. The van der Waals surface area contributed by atoms with Gasteiger partial charge in [0.05, 0.1) is 11.9 Å². The Morgan fingerprint density at radius 2 is 1.74 bits per heavy atom. The van der Waals surface area contributed by atoms with E-state index in [1.807, 2.05) is 4.98 Å². The number of fused-ring (bicyclic) bond motifs is 1. The van der Waals surface area contributed by atoms with Gasteiger partial charge in [-0.3, -0.25) is 14.3 Å². The molecule has 0 aliphatic heterocycles. The maximum absolute atomic E-state index is 13.2. The van der Waals surface area contributed by atoms with Crippen molar-refractivity contribution in [2.45, 2.75) is 39.0 Å². The van der Waals surface area contributed by atoms with E-state index in [1.54, 1.807) is 25.1 Å². The maximum Gasteiger partial charge on any atom is 0.573 e. The number of ether oxygens (including phenoxy) is 2. The first-order chi connectivity index (χ1) is 17.6. The van der Waals surface area contributed by atoms with Crippen LogP contribution in [0, 0.1) is 13.8 Å². The van der Waals surface area contributed by atoms with Crippen molar-refractivity contribution in [3.8, 4) is 27.7 Å². The molecule has 14 heteroatoms. The Labute approximate surface area is 213 Å². The van der Waals surface area contributed by atoms with E-state index >= 15 is 0 Å². The van der Waals surface area contributed by atoms with Crippen LogP contribution in [0.2, 0.25) is 0 Å². The second kappa shape index (κ2) is 9.83. The van der Waals surface area contributed by atoms with Crippen LogP contribution in [0.15, 0.2) is 52.1 Å². The molecule has 38 heavy (non-hydrogen) atoms. The van der Waals surface area contributed by atoms with E-state index in [2.05, 4.69) is 4.74 Å². The Bertz CT molecular complexity index is 1620. The molecule has 0 amide bonds. The molecule has 2 heterocycles. The lowest BCUT2D eigenvalue weighted by Crippen LogP contribution is -2.38. The normalized spacial score (nSPS) is 13.1. The van der Waals surface area contributed by atoms with E-state index < -0.39 is 42.2 Å². The number of aryl methyl sites for hydroxylation is 2. The Kier molecular flexibility index (Phi) is 7.05. The summed E-state index contributed by atoms with van der Waals surface area (Å²) in [6.45, 7) is 2.00. The molecule has 2 N–H and O–H groups in total. The summed E-state index contributed by atoms with van der Waals surface area (Å²) in [4.78, 5) is 26.7. The first-order valence-electron chi connectivity index (χ1n) is 10.8. The van der Waals surface area contributed by atoms with Crippen LogP contribution in [-0.4, -0.2) is 33.3 Å². The van der Waals surface area contributed by atoms with Crippen molar-refractivity contribution in [3.05, 3.63) is 74.4 Å². The molecule has 202 valence electrons. The molecule has 0 aliphatic carbocycles. The van der Waals surface area contributed by atoms with Gasteiger partial charge in [-0.15, -0.1) is 24.5 Å². The second-order valence-electron chi connectivity index (χ2n) is 8.29. The molecular formula is C24H18F6N2O5S. The summed E-state index contributed by atoms with van der Waals surface area (Å²) in [6.07, 6.45) is -13.0. The highest BCUT2D eigenvalue weighted by atomic mass is 32.1. The lowest BCUT2D eigenvalue weighted by atomic mass is 10.1. The van der Waals surface area contributed by atoms with Gasteiger partial charge in [0, 0.05) is 4.88 Å². The van der Waals surface area contributed by atoms with Crippen molar-refractivity contribution < 1.29 is 40.9 Å². The summed E-state index contributed by atoms with van der Waals surface area (Å²) >= 11 is 0.710. The van der Waals surface area contributed by atoms with Gasteiger partial charge in [0.2, 0.25) is 0 Å². The van der Waals surface area contributed by atoms with E-state index in [1.165, 1.54) is 25.1 Å². The minimum Gasteiger partial charge on any atom is -0.453 e.